The Bertz CT molecular complexity index is 1350. The van der Waals surface area contributed by atoms with Crippen molar-refractivity contribution in [3.8, 4) is 11.8 Å². The van der Waals surface area contributed by atoms with Crippen LogP contribution < -0.4 is 20.3 Å². The van der Waals surface area contributed by atoms with Crippen LogP contribution in [0, 0.1) is 11.3 Å². The number of carbonyl (C=O) groups excluding carboxylic acids is 3. The van der Waals surface area contributed by atoms with Crippen LogP contribution in [0.5, 0.6) is 5.75 Å². The highest BCUT2D eigenvalue weighted by atomic mass is 16.5. The van der Waals surface area contributed by atoms with Gasteiger partial charge in [-0.25, -0.2) is 4.90 Å². The zero-order valence-corrected chi connectivity index (χ0v) is 19.2. The van der Waals surface area contributed by atoms with Crippen LogP contribution in [0.2, 0.25) is 0 Å². The molecule has 0 saturated heterocycles. The molecule has 0 bridgehead atoms. The predicted octanol–water partition coefficient (Wildman–Crippen LogP) is 4.31. The second kappa shape index (κ2) is 9.93. The van der Waals surface area contributed by atoms with Crippen molar-refractivity contribution in [1.82, 2.24) is 0 Å². The fraction of sp³-hybridized carbons (Fsp3) is 0.111. The van der Waals surface area contributed by atoms with Crippen LogP contribution >= 0.6 is 0 Å². The lowest BCUT2D eigenvalue weighted by molar-refractivity contribution is -0.120. The van der Waals surface area contributed by atoms with Crippen LogP contribution in [0.3, 0.4) is 0 Å². The van der Waals surface area contributed by atoms with Gasteiger partial charge in [-0.15, -0.1) is 0 Å². The molecule has 35 heavy (non-hydrogen) atoms. The van der Waals surface area contributed by atoms with E-state index in [1.54, 1.807) is 72.8 Å². The van der Waals surface area contributed by atoms with Gasteiger partial charge in [0.2, 0.25) is 5.91 Å². The zero-order valence-electron chi connectivity index (χ0n) is 19.2. The maximum atomic E-state index is 13.5. The molecule has 2 N–H and O–H groups in total. The monoisotopic (exact) mass is 466 g/mol. The van der Waals surface area contributed by atoms with Crippen LogP contribution in [0.1, 0.15) is 25.0 Å². The third-order valence-electron chi connectivity index (χ3n) is 5.27. The van der Waals surface area contributed by atoms with Crippen LogP contribution in [0.15, 0.2) is 78.5 Å². The highest BCUT2D eigenvalue weighted by Gasteiger charge is 2.40. The second-order valence-corrected chi connectivity index (χ2v) is 7.70. The van der Waals surface area contributed by atoms with E-state index in [1.807, 2.05) is 13.0 Å². The molecular formula is C27H22N4O4. The number of benzene rings is 3. The molecule has 3 aromatic rings. The fourth-order valence-electron chi connectivity index (χ4n) is 3.70. The molecule has 4 rings (SSSR count). The molecule has 8 heteroatoms. The number of ether oxygens (including phenoxy) is 1. The van der Waals surface area contributed by atoms with Gasteiger partial charge >= 0.3 is 0 Å². The van der Waals surface area contributed by atoms with Gasteiger partial charge in [0.25, 0.3) is 11.8 Å². The van der Waals surface area contributed by atoms with E-state index in [4.69, 9.17) is 10.00 Å². The SMILES string of the molecule is CCOc1ccc(NC2=C(c3ccc(NC(C)=O)cc3)C(=O)N(c3ccc(C#N)cc3)C2=O)cc1. The minimum Gasteiger partial charge on any atom is -0.494 e. The summed E-state index contributed by atoms with van der Waals surface area (Å²) in [5.74, 6) is -0.544. The lowest BCUT2D eigenvalue weighted by atomic mass is 10.0. The van der Waals surface area contributed by atoms with Crippen LogP contribution in [0.4, 0.5) is 17.1 Å². The van der Waals surface area contributed by atoms with Crippen molar-refractivity contribution in [2.75, 3.05) is 22.1 Å². The average molecular weight is 466 g/mol. The van der Waals surface area contributed by atoms with E-state index in [-0.39, 0.29) is 17.2 Å². The highest BCUT2D eigenvalue weighted by molar-refractivity contribution is 6.46. The van der Waals surface area contributed by atoms with Gasteiger partial charge in [-0.2, -0.15) is 5.26 Å². The third kappa shape index (κ3) is 4.89. The first-order chi connectivity index (χ1) is 16.9. The van der Waals surface area contributed by atoms with E-state index in [1.165, 1.54) is 6.92 Å². The van der Waals surface area contributed by atoms with Gasteiger partial charge in [-0.1, -0.05) is 12.1 Å². The summed E-state index contributed by atoms with van der Waals surface area (Å²) in [6.07, 6.45) is 0. The number of imide groups is 1. The molecule has 3 aromatic carbocycles. The molecule has 1 aliphatic rings. The quantitative estimate of drug-likeness (QED) is 0.502. The number of rotatable bonds is 7. The molecule has 0 unspecified atom stereocenters. The lowest BCUT2D eigenvalue weighted by Gasteiger charge is -2.15. The van der Waals surface area contributed by atoms with E-state index in [2.05, 4.69) is 10.6 Å². The van der Waals surface area contributed by atoms with E-state index < -0.39 is 11.8 Å². The molecule has 0 radical (unpaired) electrons. The molecule has 1 aliphatic heterocycles. The average Bonchev–Trinajstić information content (AvgIpc) is 3.10. The number of hydrogen-bond acceptors (Lipinski definition) is 6. The molecule has 0 saturated carbocycles. The lowest BCUT2D eigenvalue weighted by Crippen LogP contribution is -2.32. The molecule has 0 fully saturated rings. The first-order valence-corrected chi connectivity index (χ1v) is 10.9. The molecule has 0 aromatic heterocycles. The summed E-state index contributed by atoms with van der Waals surface area (Å²) in [7, 11) is 0. The molecule has 8 nitrogen and oxygen atoms in total. The van der Waals surface area contributed by atoms with Gasteiger partial charge in [0.1, 0.15) is 11.4 Å². The number of nitrogens with one attached hydrogen (secondary N) is 2. The minimum atomic E-state index is -0.519. The Labute approximate surface area is 202 Å². The number of nitriles is 1. The molecule has 0 atom stereocenters. The predicted molar refractivity (Wildman–Crippen MR) is 133 cm³/mol. The molecule has 174 valence electrons. The Morgan fingerprint density at radius 1 is 0.914 bits per heavy atom. The zero-order chi connectivity index (χ0) is 24.9. The summed E-state index contributed by atoms with van der Waals surface area (Å²) in [5, 5.41) is 14.9. The standard InChI is InChI=1S/C27H22N4O4/c1-3-35-23-14-10-21(11-15-23)30-25-24(19-6-8-20(9-7-19)29-17(2)32)26(33)31(27(25)34)22-12-4-18(16-28)5-13-22/h4-15,30H,3H2,1-2H3,(H,29,32). The van der Waals surface area contributed by atoms with Crippen molar-refractivity contribution in [3.05, 3.63) is 89.6 Å². The van der Waals surface area contributed by atoms with Crippen molar-refractivity contribution in [2.24, 2.45) is 0 Å². The Balaban J connectivity index is 1.74. The molecule has 0 aliphatic carbocycles. The highest BCUT2D eigenvalue weighted by Crippen LogP contribution is 2.34. The Kier molecular flexibility index (Phi) is 6.60. The van der Waals surface area contributed by atoms with Crippen molar-refractivity contribution in [3.63, 3.8) is 0 Å². The Morgan fingerprint density at radius 3 is 2.11 bits per heavy atom. The molecule has 1 heterocycles. The summed E-state index contributed by atoms with van der Waals surface area (Å²) in [6, 6.07) is 22.0. The summed E-state index contributed by atoms with van der Waals surface area (Å²) >= 11 is 0. The van der Waals surface area contributed by atoms with Crippen molar-refractivity contribution >= 4 is 40.4 Å². The number of carbonyl (C=O) groups is 3. The normalized spacial score (nSPS) is 13.0. The third-order valence-corrected chi connectivity index (χ3v) is 5.27. The van der Waals surface area contributed by atoms with Crippen LogP contribution in [-0.2, 0) is 14.4 Å². The van der Waals surface area contributed by atoms with Crippen LogP contribution in [0.25, 0.3) is 5.57 Å². The summed E-state index contributed by atoms with van der Waals surface area (Å²) < 4.78 is 5.47. The van der Waals surface area contributed by atoms with Gasteiger partial charge in [-0.3, -0.25) is 14.4 Å². The Morgan fingerprint density at radius 2 is 1.54 bits per heavy atom. The van der Waals surface area contributed by atoms with Crippen molar-refractivity contribution < 1.29 is 19.1 Å². The first kappa shape index (κ1) is 23.3. The summed E-state index contributed by atoms with van der Waals surface area (Å²) in [4.78, 5) is 39.4. The maximum Gasteiger partial charge on any atom is 0.282 e. The van der Waals surface area contributed by atoms with E-state index in [0.29, 0.717) is 40.5 Å². The van der Waals surface area contributed by atoms with Gasteiger partial charge in [-0.05, 0) is 73.2 Å². The number of anilines is 3. The van der Waals surface area contributed by atoms with E-state index in [0.717, 1.165) is 4.90 Å². The smallest absolute Gasteiger partial charge is 0.282 e. The number of amides is 3. The molecule has 0 spiro atoms. The largest absolute Gasteiger partial charge is 0.494 e. The first-order valence-electron chi connectivity index (χ1n) is 10.9. The maximum absolute atomic E-state index is 13.5. The van der Waals surface area contributed by atoms with Crippen LogP contribution in [-0.4, -0.2) is 24.3 Å². The fourth-order valence-corrected chi connectivity index (χ4v) is 3.70. The van der Waals surface area contributed by atoms with Gasteiger partial charge < -0.3 is 15.4 Å². The van der Waals surface area contributed by atoms with Gasteiger partial charge in [0, 0.05) is 18.3 Å². The molecular weight excluding hydrogens is 444 g/mol. The molecule has 3 amide bonds. The van der Waals surface area contributed by atoms with E-state index in [9.17, 15) is 14.4 Å². The van der Waals surface area contributed by atoms with E-state index >= 15 is 0 Å². The topological polar surface area (TPSA) is 112 Å². The summed E-state index contributed by atoms with van der Waals surface area (Å²) in [5.41, 5.74) is 2.79. The van der Waals surface area contributed by atoms with Gasteiger partial charge in [0.05, 0.1) is 29.5 Å². The van der Waals surface area contributed by atoms with Gasteiger partial charge in [0.15, 0.2) is 0 Å². The summed E-state index contributed by atoms with van der Waals surface area (Å²) in [6.45, 7) is 3.83. The van der Waals surface area contributed by atoms with Crippen molar-refractivity contribution in [2.45, 2.75) is 13.8 Å². The second-order valence-electron chi connectivity index (χ2n) is 7.70. The Hall–Kier alpha value is -4.90. The van der Waals surface area contributed by atoms with Crippen molar-refractivity contribution in [1.29, 1.82) is 5.26 Å². The minimum absolute atomic E-state index is 0.121. The number of nitrogens with zero attached hydrogens (tertiary/aromatic N) is 2. The number of hydrogen-bond donors (Lipinski definition) is 2.